The monoisotopic (exact) mass is 312 g/mol. The first-order valence-corrected chi connectivity index (χ1v) is 11.0. The summed E-state index contributed by atoms with van der Waals surface area (Å²) >= 11 is 0. The number of hydrogen-bond acceptors (Lipinski definition) is 3. The molecule has 0 amide bonds. The van der Waals surface area contributed by atoms with Gasteiger partial charge in [-0.05, 0) is 0 Å². The van der Waals surface area contributed by atoms with E-state index in [0.717, 1.165) is 24.8 Å². The Bertz CT molecular complexity index is 470. The van der Waals surface area contributed by atoms with Gasteiger partial charge in [-0.1, -0.05) is 0 Å². The first-order valence-electron chi connectivity index (χ1n) is 7.44. The molecule has 0 heterocycles. The molecule has 4 heteroatoms. The van der Waals surface area contributed by atoms with Crippen LogP contribution in [0.15, 0.2) is 30.3 Å². The topological polar surface area (TPSA) is 35.5 Å². The maximum atomic E-state index is 13.2. The van der Waals surface area contributed by atoms with Crippen LogP contribution >= 0.6 is 6.60 Å². The molecule has 1 rings (SSSR count). The molecule has 21 heavy (non-hydrogen) atoms. The van der Waals surface area contributed by atoms with Gasteiger partial charge in [-0.3, -0.25) is 0 Å². The summed E-state index contributed by atoms with van der Waals surface area (Å²) < 4.78 is 11.6. The summed E-state index contributed by atoms with van der Waals surface area (Å²) in [5.41, 5.74) is 0.0631. The van der Waals surface area contributed by atoms with Crippen LogP contribution in [-0.2, 0) is 9.47 Å². The van der Waals surface area contributed by atoms with E-state index in [-0.39, 0.29) is 5.52 Å². The number of rotatable bonds is 8. The van der Waals surface area contributed by atoms with Crippen molar-refractivity contribution >= 4 is 12.1 Å². The molecule has 0 radical (unpaired) electrons. The Labute approximate surface area is 129 Å². The minimum atomic E-state index is -2.94. The molecule has 1 aromatic rings. The zero-order valence-corrected chi connectivity index (χ0v) is 15.1. The number of hydrogen-bond donors (Lipinski definition) is 0. The van der Waals surface area contributed by atoms with Gasteiger partial charge in [0.1, 0.15) is 0 Å². The zero-order valence-electron chi connectivity index (χ0n) is 14.2. The Balaban J connectivity index is 3.33. The molecular weight excluding hydrogens is 283 g/mol. The van der Waals surface area contributed by atoms with Gasteiger partial charge in [0.15, 0.2) is 0 Å². The Kier molecular flexibility index (Phi) is 5.71. The van der Waals surface area contributed by atoms with Gasteiger partial charge in [-0.25, -0.2) is 0 Å². The second-order valence-corrected chi connectivity index (χ2v) is 13.4. The van der Waals surface area contributed by atoms with Crippen molar-refractivity contribution in [3.05, 3.63) is 35.9 Å². The van der Waals surface area contributed by atoms with E-state index in [4.69, 9.17) is 9.47 Å². The Hall–Kier alpha value is -0.760. The molecule has 0 aliphatic rings. The van der Waals surface area contributed by atoms with Crippen molar-refractivity contribution in [2.75, 3.05) is 34.2 Å². The minimum absolute atomic E-state index is 0.154. The van der Waals surface area contributed by atoms with Gasteiger partial charge in [0.05, 0.1) is 0 Å². The van der Waals surface area contributed by atoms with Gasteiger partial charge >= 0.3 is 128 Å². The van der Waals surface area contributed by atoms with Crippen molar-refractivity contribution in [2.24, 2.45) is 0 Å². The van der Waals surface area contributed by atoms with Crippen molar-refractivity contribution in [3.8, 4) is 0 Å². The van der Waals surface area contributed by atoms with E-state index in [1.165, 1.54) is 0 Å². The summed E-state index contributed by atoms with van der Waals surface area (Å²) in [6, 6.07) is 9.45. The fourth-order valence-corrected chi connectivity index (χ4v) is 6.49. The van der Waals surface area contributed by atoms with E-state index in [1.807, 2.05) is 50.3 Å². The summed E-state index contributed by atoms with van der Waals surface area (Å²) in [6.45, 7) is 5.33. The molecule has 120 valence electrons. The second kappa shape index (κ2) is 6.56. The van der Waals surface area contributed by atoms with Gasteiger partial charge in [0.2, 0.25) is 0 Å². The number of unbranched alkanes of at least 4 members (excludes halogenated alkanes) is 1. The molecule has 0 saturated carbocycles. The number of ether oxygens (including phenoxy) is 2. The quantitative estimate of drug-likeness (QED) is 0.527. The molecule has 0 aliphatic carbocycles. The fraction of sp³-hybridized carbons (Fsp3) is 0.588. The molecule has 0 fully saturated rings. The van der Waals surface area contributed by atoms with Gasteiger partial charge in [-0.15, -0.1) is 0 Å². The van der Waals surface area contributed by atoms with Crippen LogP contribution in [0.3, 0.4) is 0 Å². The fourth-order valence-electron chi connectivity index (χ4n) is 2.91. The van der Waals surface area contributed by atoms with E-state index >= 15 is 0 Å². The number of benzene rings is 1. The summed E-state index contributed by atoms with van der Waals surface area (Å²) in [5.74, 6) is 0. The standard InChI is InChI=1S/C17H29O3P/c1-7-8-14-17(19-2,20-3)21(4,5,6)16(18)15-12-10-9-11-13-15/h9-13H,7-8,14H2,1-6H3. The van der Waals surface area contributed by atoms with E-state index in [1.54, 1.807) is 14.2 Å². The molecule has 0 spiro atoms. The molecule has 0 N–H and O–H groups in total. The Morgan fingerprint density at radius 3 is 2.05 bits per heavy atom. The van der Waals surface area contributed by atoms with Crippen molar-refractivity contribution in [1.29, 1.82) is 0 Å². The Morgan fingerprint density at radius 1 is 1.10 bits per heavy atom. The van der Waals surface area contributed by atoms with Crippen molar-refractivity contribution in [1.82, 2.24) is 0 Å². The molecule has 0 atom stereocenters. The summed E-state index contributed by atoms with van der Waals surface area (Å²) in [6.07, 6.45) is 2.74. The van der Waals surface area contributed by atoms with Crippen LogP contribution in [-0.4, -0.2) is 45.3 Å². The van der Waals surface area contributed by atoms with Gasteiger partial charge < -0.3 is 0 Å². The van der Waals surface area contributed by atoms with Crippen molar-refractivity contribution in [2.45, 2.75) is 31.7 Å². The number of carbonyl (C=O) groups excluding carboxylic acids is 1. The molecule has 0 aliphatic heterocycles. The first kappa shape index (κ1) is 18.3. The maximum absolute atomic E-state index is 13.2. The molecule has 0 unspecified atom stereocenters. The van der Waals surface area contributed by atoms with Crippen LogP contribution in [0.4, 0.5) is 0 Å². The van der Waals surface area contributed by atoms with Crippen LogP contribution in [0.5, 0.6) is 0 Å². The average Bonchev–Trinajstić information content (AvgIpc) is 2.48. The van der Waals surface area contributed by atoms with Crippen LogP contribution < -0.4 is 0 Å². The zero-order chi connectivity index (χ0) is 16.2. The third kappa shape index (κ3) is 3.21. The van der Waals surface area contributed by atoms with Crippen LogP contribution in [0.1, 0.15) is 36.5 Å². The molecule has 0 bridgehead atoms. The number of carbonyl (C=O) groups is 1. The van der Waals surface area contributed by atoms with Gasteiger partial charge in [0.25, 0.3) is 0 Å². The predicted octanol–water partition coefficient (Wildman–Crippen LogP) is 4.41. The summed E-state index contributed by atoms with van der Waals surface area (Å²) in [7, 11) is 3.30. The van der Waals surface area contributed by atoms with E-state index in [2.05, 4.69) is 6.92 Å². The van der Waals surface area contributed by atoms with Crippen LogP contribution in [0, 0.1) is 0 Å². The molecule has 1 aromatic carbocycles. The summed E-state index contributed by atoms with van der Waals surface area (Å²) in [5, 5.41) is 0. The van der Waals surface area contributed by atoms with Crippen LogP contribution in [0.25, 0.3) is 0 Å². The molecule has 0 aromatic heterocycles. The normalized spacial score (nSPS) is 14.5. The SMILES string of the molecule is CCCCC(OC)(OC)P(C)(C)(C)C(=O)c1ccccc1. The molecule has 0 saturated heterocycles. The third-order valence-corrected chi connectivity index (χ3v) is 9.06. The second-order valence-electron chi connectivity index (χ2n) is 6.69. The predicted molar refractivity (Wildman–Crippen MR) is 91.7 cm³/mol. The number of methoxy groups -OCH3 is 2. The van der Waals surface area contributed by atoms with Crippen LogP contribution in [0.2, 0.25) is 0 Å². The van der Waals surface area contributed by atoms with E-state index < -0.39 is 12.1 Å². The summed E-state index contributed by atoms with van der Waals surface area (Å²) in [4.78, 5) is 13.2. The van der Waals surface area contributed by atoms with E-state index in [0.29, 0.717) is 0 Å². The average molecular weight is 312 g/mol. The van der Waals surface area contributed by atoms with E-state index in [9.17, 15) is 4.79 Å². The Morgan fingerprint density at radius 2 is 1.62 bits per heavy atom. The molecule has 3 nitrogen and oxygen atoms in total. The van der Waals surface area contributed by atoms with Gasteiger partial charge in [0, 0.05) is 0 Å². The third-order valence-electron chi connectivity index (χ3n) is 4.41. The van der Waals surface area contributed by atoms with Crippen molar-refractivity contribution < 1.29 is 14.3 Å². The van der Waals surface area contributed by atoms with Gasteiger partial charge in [-0.2, -0.15) is 0 Å². The molecular formula is C17H29O3P. The first-order chi connectivity index (χ1) is 9.73. The van der Waals surface area contributed by atoms with Crippen molar-refractivity contribution in [3.63, 3.8) is 0 Å².